The second-order valence-electron chi connectivity index (χ2n) is 8.79. The Morgan fingerprint density at radius 1 is 1.09 bits per heavy atom. The van der Waals surface area contributed by atoms with Gasteiger partial charge in [-0.2, -0.15) is 4.31 Å². The van der Waals surface area contributed by atoms with E-state index in [1.54, 1.807) is 17.0 Å². The van der Waals surface area contributed by atoms with Gasteiger partial charge in [0, 0.05) is 25.6 Å². The molecular weight excluding hydrogens is 420 g/mol. The van der Waals surface area contributed by atoms with Crippen LogP contribution in [-0.2, 0) is 21.4 Å². The topological polar surface area (TPSA) is 57.7 Å². The van der Waals surface area contributed by atoms with Gasteiger partial charge in [0.15, 0.2) is 0 Å². The molecule has 2 aromatic carbocycles. The molecule has 32 heavy (non-hydrogen) atoms. The maximum atomic E-state index is 13.1. The SMILES string of the molecule is C#CCN(Cc1ccc(C)cc1)C(=O)C1CCN(S(=O)(=O)c2ccc(C(C)C)cc2)CC1. The predicted octanol–water partition coefficient (Wildman–Crippen LogP) is 4.18. The average molecular weight is 453 g/mol. The first kappa shape index (κ1) is 24.0. The molecule has 1 aliphatic rings. The van der Waals surface area contributed by atoms with E-state index in [1.165, 1.54) is 4.31 Å². The number of piperidine rings is 1. The van der Waals surface area contributed by atoms with E-state index in [0.717, 1.165) is 16.7 Å². The molecule has 0 aliphatic carbocycles. The largest absolute Gasteiger partial charge is 0.327 e. The Bertz CT molecular complexity index is 1060. The van der Waals surface area contributed by atoms with Crippen molar-refractivity contribution in [1.29, 1.82) is 0 Å². The lowest BCUT2D eigenvalue weighted by Gasteiger charge is -2.33. The molecule has 0 unspecified atom stereocenters. The van der Waals surface area contributed by atoms with Gasteiger partial charge >= 0.3 is 0 Å². The van der Waals surface area contributed by atoms with Crippen LogP contribution < -0.4 is 0 Å². The fourth-order valence-electron chi connectivity index (χ4n) is 4.01. The van der Waals surface area contributed by atoms with Gasteiger partial charge in [0.2, 0.25) is 15.9 Å². The van der Waals surface area contributed by atoms with E-state index >= 15 is 0 Å². The minimum Gasteiger partial charge on any atom is -0.327 e. The number of nitrogens with zero attached hydrogens (tertiary/aromatic N) is 2. The standard InChI is InChI=1S/C26H32N2O3S/c1-5-16-27(19-22-8-6-21(4)7-9-22)26(29)24-14-17-28(18-15-24)32(30,31)25-12-10-23(11-13-25)20(2)3/h1,6-13,20,24H,14-19H2,2-4H3. The maximum absolute atomic E-state index is 13.1. The van der Waals surface area contributed by atoms with Crippen molar-refractivity contribution in [2.24, 2.45) is 5.92 Å². The smallest absolute Gasteiger partial charge is 0.243 e. The van der Waals surface area contributed by atoms with Crippen LogP contribution in [0.1, 0.15) is 49.3 Å². The first-order chi connectivity index (χ1) is 15.2. The lowest BCUT2D eigenvalue weighted by atomic mass is 9.96. The summed E-state index contributed by atoms with van der Waals surface area (Å²) in [6.45, 7) is 7.55. The van der Waals surface area contributed by atoms with Gasteiger partial charge in [-0.25, -0.2) is 8.42 Å². The van der Waals surface area contributed by atoms with Crippen LogP contribution in [0.5, 0.6) is 0 Å². The van der Waals surface area contributed by atoms with E-state index in [0.29, 0.717) is 43.3 Å². The molecule has 1 aliphatic heterocycles. The summed E-state index contributed by atoms with van der Waals surface area (Å²) in [5.41, 5.74) is 3.30. The van der Waals surface area contributed by atoms with Gasteiger partial charge in [-0.1, -0.05) is 61.7 Å². The number of hydrogen-bond donors (Lipinski definition) is 0. The molecule has 2 aromatic rings. The summed E-state index contributed by atoms with van der Waals surface area (Å²) in [4.78, 5) is 15.2. The van der Waals surface area contributed by atoms with E-state index < -0.39 is 10.0 Å². The minimum absolute atomic E-state index is 0.00172. The van der Waals surface area contributed by atoms with Crippen LogP contribution >= 0.6 is 0 Å². The van der Waals surface area contributed by atoms with E-state index in [9.17, 15) is 13.2 Å². The molecule has 0 radical (unpaired) electrons. The van der Waals surface area contributed by atoms with Gasteiger partial charge in [0.05, 0.1) is 11.4 Å². The number of aryl methyl sites for hydroxylation is 1. The van der Waals surface area contributed by atoms with Gasteiger partial charge in [-0.3, -0.25) is 4.79 Å². The van der Waals surface area contributed by atoms with Crippen molar-refractivity contribution in [3.63, 3.8) is 0 Å². The number of rotatable bonds is 7. The quantitative estimate of drug-likeness (QED) is 0.592. The average Bonchev–Trinajstić information content (AvgIpc) is 2.80. The van der Waals surface area contributed by atoms with Crippen molar-refractivity contribution in [3.05, 3.63) is 65.2 Å². The Kier molecular flexibility index (Phi) is 7.76. The highest BCUT2D eigenvalue weighted by Gasteiger charge is 2.33. The van der Waals surface area contributed by atoms with Crippen LogP contribution in [0.4, 0.5) is 0 Å². The van der Waals surface area contributed by atoms with Gasteiger partial charge in [-0.05, 0) is 48.9 Å². The first-order valence-electron chi connectivity index (χ1n) is 11.1. The molecule has 1 fully saturated rings. The molecule has 0 aromatic heterocycles. The third-order valence-electron chi connectivity index (χ3n) is 6.08. The number of sulfonamides is 1. The van der Waals surface area contributed by atoms with E-state index in [2.05, 4.69) is 19.8 Å². The molecule has 0 spiro atoms. The molecule has 1 saturated heterocycles. The molecule has 1 heterocycles. The monoisotopic (exact) mass is 452 g/mol. The number of benzene rings is 2. The van der Waals surface area contributed by atoms with Crippen molar-refractivity contribution < 1.29 is 13.2 Å². The summed E-state index contributed by atoms with van der Waals surface area (Å²) in [5.74, 6) is 2.71. The Hall–Kier alpha value is -2.62. The fraction of sp³-hybridized carbons (Fsp3) is 0.423. The summed E-state index contributed by atoms with van der Waals surface area (Å²) < 4.78 is 27.6. The molecular formula is C26H32N2O3S. The van der Waals surface area contributed by atoms with Crippen molar-refractivity contribution in [2.45, 2.75) is 51.0 Å². The number of amides is 1. The molecule has 3 rings (SSSR count). The highest BCUT2D eigenvalue weighted by atomic mass is 32.2. The van der Waals surface area contributed by atoms with Crippen LogP contribution in [0, 0.1) is 25.2 Å². The molecule has 170 valence electrons. The molecule has 5 nitrogen and oxygen atoms in total. The van der Waals surface area contributed by atoms with Crippen molar-refractivity contribution in [1.82, 2.24) is 9.21 Å². The number of carbonyl (C=O) groups is 1. The van der Waals surface area contributed by atoms with E-state index in [4.69, 9.17) is 6.42 Å². The lowest BCUT2D eigenvalue weighted by Crippen LogP contribution is -2.44. The summed E-state index contributed by atoms with van der Waals surface area (Å²) in [7, 11) is -3.56. The third kappa shape index (κ3) is 5.59. The van der Waals surface area contributed by atoms with Crippen molar-refractivity contribution in [2.75, 3.05) is 19.6 Å². The Morgan fingerprint density at radius 3 is 2.22 bits per heavy atom. The van der Waals surface area contributed by atoms with Crippen molar-refractivity contribution in [3.8, 4) is 12.3 Å². The molecule has 1 amide bonds. The van der Waals surface area contributed by atoms with Crippen LogP contribution in [0.25, 0.3) is 0 Å². The molecule has 6 heteroatoms. The van der Waals surface area contributed by atoms with Gasteiger partial charge in [-0.15, -0.1) is 6.42 Å². The molecule has 0 saturated carbocycles. The maximum Gasteiger partial charge on any atom is 0.243 e. The van der Waals surface area contributed by atoms with E-state index in [-0.39, 0.29) is 18.4 Å². The van der Waals surface area contributed by atoms with Crippen LogP contribution in [0.15, 0.2) is 53.4 Å². The molecule has 0 atom stereocenters. The zero-order valence-corrected chi connectivity index (χ0v) is 19.9. The van der Waals surface area contributed by atoms with Gasteiger partial charge < -0.3 is 4.90 Å². The van der Waals surface area contributed by atoms with E-state index in [1.807, 2.05) is 43.3 Å². The predicted molar refractivity (Wildman–Crippen MR) is 127 cm³/mol. The van der Waals surface area contributed by atoms with Crippen molar-refractivity contribution >= 4 is 15.9 Å². The number of hydrogen-bond acceptors (Lipinski definition) is 3. The highest BCUT2D eigenvalue weighted by Crippen LogP contribution is 2.26. The highest BCUT2D eigenvalue weighted by molar-refractivity contribution is 7.89. The molecule has 0 N–H and O–H groups in total. The zero-order chi connectivity index (χ0) is 23.3. The summed E-state index contributed by atoms with van der Waals surface area (Å²) in [5, 5.41) is 0. The van der Waals surface area contributed by atoms with Crippen LogP contribution in [-0.4, -0.2) is 43.2 Å². The summed E-state index contributed by atoms with van der Waals surface area (Å²) in [6.07, 6.45) is 6.51. The lowest BCUT2D eigenvalue weighted by molar-refractivity contribution is -0.136. The Morgan fingerprint density at radius 2 is 1.69 bits per heavy atom. The number of carbonyl (C=O) groups excluding carboxylic acids is 1. The van der Waals surface area contributed by atoms with Gasteiger partial charge in [0.25, 0.3) is 0 Å². The van der Waals surface area contributed by atoms with Crippen LogP contribution in [0.3, 0.4) is 0 Å². The first-order valence-corrected chi connectivity index (χ1v) is 12.5. The Labute approximate surface area is 192 Å². The molecule has 0 bridgehead atoms. The number of terminal acetylenes is 1. The second kappa shape index (κ2) is 10.3. The van der Waals surface area contributed by atoms with Gasteiger partial charge in [0.1, 0.15) is 0 Å². The summed E-state index contributed by atoms with van der Waals surface area (Å²) >= 11 is 0. The minimum atomic E-state index is -3.56. The summed E-state index contributed by atoms with van der Waals surface area (Å²) in [6, 6.07) is 15.1. The van der Waals surface area contributed by atoms with Crippen LogP contribution in [0.2, 0.25) is 0 Å². The zero-order valence-electron chi connectivity index (χ0n) is 19.1. The third-order valence-corrected chi connectivity index (χ3v) is 7.99. The Balaban J connectivity index is 1.64. The normalized spacial score (nSPS) is 15.5. The second-order valence-corrected chi connectivity index (χ2v) is 10.7. The fourth-order valence-corrected chi connectivity index (χ4v) is 5.48.